The highest BCUT2D eigenvalue weighted by molar-refractivity contribution is 5.77. The maximum Gasteiger partial charge on any atom is 0.347 e. The van der Waals surface area contributed by atoms with Crippen LogP contribution < -0.4 is 29.0 Å². The van der Waals surface area contributed by atoms with Crippen molar-refractivity contribution in [2.45, 2.75) is 18.1 Å². The molecule has 35 heavy (non-hydrogen) atoms. The number of benzene rings is 3. The SMILES string of the molecule is COc1cc(OC)cc(OC(C(=O)O)C2(c3ccc(OC)c(OC)c3)NCCc3ccccc32)c1. The van der Waals surface area contributed by atoms with Gasteiger partial charge < -0.3 is 28.8 Å². The molecule has 8 nitrogen and oxygen atoms in total. The number of carboxylic acid groups (broad SMARTS) is 1. The van der Waals surface area contributed by atoms with Gasteiger partial charge >= 0.3 is 5.97 Å². The van der Waals surface area contributed by atoms with Gasteiger partial charge in [-0.2, -0.15) is 0 Å². The quantitative estimate of drug-likeness (QED) is 0.480. The Morgan fingerprint density at radius 1 is 0.857 bits per heavy atom. The molecule has 1 heterocycles. The van der Waals surface area contributed by atoms with Gasteiger partial charge in [0.05, 0.1) is 28.4 Å². The predicted molar refractivity (Wildman–Crippen MR) is 130 cm³/mol. The molecule has 2 atom stereocenters. The van der Waals surface area contributed by atoms with E-state index >= 15 is 0 Å². The molecule has 8 heteroatoms. The highest BCUT2D eigenvalue weighted by atomic mass is 16.5. The van der Waals surface area contributed by atoms with Crippen LogP contribution in [0.5, 0.6) is 28.7 Å². The molecule has 0 radical (unpaired) electrons. The van der Waals surface area contributed by atoms with Crippen LogP contribution >= 0.6 is 0 Å². The Kier molecular flexibility index (Phi) is 7.02. The number of methoxy groups -OCH3 is 4. The number of rotatable bonds is 9. The zero-order valence-corrected chi connectivity index (χ0v) is 20.2. The Morgan fingerprint density at radius 2 is 1.51 bits per heavy atom. The van der Waals surface area contributed by atoms with Crippen molar-refractivity contribution in [3.05, 3.63) is 77.4 Å². The summed E-state index contributed by atoms with van der Waals surface area (Å²) in [6.07, 6.45) is -0.594. The lowest BCUT2D eigenvalue weighted by atomic mass is 9.73. The van der Waals surface area contributed by atoms with E-state index in [0.29, 0.717) is 40.9 Å². The zero-order valence-electron chi connectivity index (χ0n) is 20.2. The smallest absolute Gasteiger partial charge is 0.347 e. The summed E-state index contributed by atoms with van der Waals surface area (Å²) in [6.45, 7) is 0.555. The average Bonchev–Trinajstić information content (AvgIpc) is 2.90. The molecule has 0 bridgehead atoms. The van der Waals surface area contributed by atoms with Crippen LogP contribution in [0, 0.1) is 0 Å². The van der Waals surface area contributed by atoms with E-state index in [1.807, 2.05) is 30.3 Å². The van der Waals surface area contributed by atoms with Gasteiger partial charge in [0, 0.05) is 24.7 Å². The minimum Gasteiger partial charge on any atom is -0.496 e. The van der Waals surface area contributed by atoms with E-state index in [9.17, 15) is 9.90 Å². The fourth-order valence-corrected chi connectivity index (χ4v) is 4.65. The summed E-state index contributed by atoms with van der Waals surface area (Å²) in [5.41, 5.74) is 1.31. The van der Waals surface area contributed by atoms with Gasteiger partial charge in [-0.1, -0.05) is 30.3 Å². The fourth-order valence-electron chi connectivity index (χ4n) is 4.65. The first-order valence-corrected chi connectivity index (χ1v) is 11.1. The second-order valence-electron chi connectivity index (χ2n) is 8.10. The predicted octanol–water partition coefficient (Wildman–Crippen LogP) is 3.64. The van der Waals surface area contributed by atoms with Crippen molar-refractivity contribution in [3.8, 4) is 28.7 Å². The van der Waals surface area contributed by atoms with E-state index in [-0.39, 0.29) is 0 Å². The number of carbonyl (C=O) groups is 1. The van der Waals surface area contributed by atoms with E-state index < -0.39 is 17.6 Å². The number of nitrogens with one attached hydrogen (secondary N) is 1. The van der Waals surface area contributed by atoms with Crippen LogP contribution in [-0.2, 0) is 16.8 Å². The van der Waals surface area contributed by atoms with Gasteiger partial charge in [0.25, 0.3) is 0 Å². The molecule has 0 spiro atoms. The van der Waals surface area contributed by atoms with Crippen molar-refractivity contribution in [1.29, 1.82) is 0 Å². The van der Waals surface area contributed by atoms with Crippen molar-refractivity contribution >= 4 is 5.97 Å². The molecule has 0 saturated heterocycles. The number of hydrogen-bond acceptors (Lipinski definition) is 7. The van der Waals surface area contributed by atoms with Crippen molar-refractivity contribution in [3.63, 3.8) is 0 Å². The third-order valence-corrected chi connectivity index (χ3v) is 6.28. The third-order valence-electron chi connectivity index (χ3n) is 6.28. The van der Waals surface area contributed by atoms with E-state index in [1.54, 1.807) is 44.6 Å². The topological polar surface area (TPSA) is 95.5 Å². The number of fused-ring (bicyclic) bond motifs is 1. The number of ether oxygens (including phenoxy) is 5. The van der Waals surface area contributed by atoms with E-state index in [4.69, 9.17) is 23.7 Å². The maximum absolute atomic E-state index is 12.9. The van der Waals surface area contributed by atoms with E-state index in [2.05, 4.69) is 5.32 Å². The molecule has 1 aliphatic heterocycles. The highest BCUT2D eigenvalue weighted by Crippen LogP contribution is 2.43. The van der Waals surface area contributed by atoms with Crippen molar-refractivity contribution in [2.75, 3.05) is 35.0 Å². The third kappa shape index (κ3) is 4.44. The van der Waals surface area contributed by atoms with Gasteiger partial charge in [-0.05, 0) is 35.2 Å². The Hall–Kier alpha value is -3.91. The molecule has 0 aromatic heterocycles. The Labute approximate surface area is 204 Å². The second-order valence-corrected chi connectivity index (χ2v) is 8.10. The molecule has 184 valence electrons. The lowest BCUT2D eigenvalue weighted by Crippen LogP contribution is -2.60. The van der Waals surface area contributed by atoms with Crippen molar-refractivity contribution in [1.82, 2.24) is 5.32 Å². The number of carboxylic acids is 1. The lowest BCUT2D eigenvalue weighted by molar-refractivity contribution is -0.149. The second kappa shape index (κ2) is 10.1. The van der Waals surface area contributed by atoms with Crippen LogP contribution in [0.25, 0.3) is 0 Å². The molecule has 0 amide bonds. The molecule has 0 fully saturated rings. The van der Waals surface area contributed by atoms with Gasteiger partial charge in [-0.15, -0.1) is 0 Å². The van der Waals surface area contributed by atoms with Gasteiger partial charge in [0.15, 0.2) is 11.5 Å². The van der Waals surface area contributed by atoms with Crippen molar-refractivity contribution < 1.29 is 33.6 Å². The standard InChI is InChI=1S/C27H29NO7/c1-31-19-14-20(32-2)16-21(15-19)35-25(26(29)30)27(18-9-10-23(33-3)24(13-18)34-4)22-8-6-5-7-17(22)11-12-28-27/h5-10,13-16,25,28H,11-12H2,1-4H3,(H,29,30). The summed E-state index contributed by atoms with van der Waals surface area (Å²) in [5, 5.41) is 14.0. The fraction of sp³-hybridized carbons (Fsp3) is 0.296. The van der Waals surface area contributed by atoms with Crippen LogP contribution in [0.3, 0.4) is 0 Å². The van der Waals surface area contributed by atoms with Crippen LogP contribution in [0.4, 0.5) is 0 Å². The molecule has 0 saturated carbocycles. The van der Waals surface area contributed by atoms with Gasteiger partial charge in [0.2, 0.25) is 6.10 Å². The molecular formula is C27H29NO7. The minimum atomic E-state index is -1.35. The van der Waals surface area contributed by atoms with Gasteiger partial charge in [-0.25, -0.2) is 4.79 Å². The average molecular weight is 480 g/mol. The zero-order chi connectivity index (χ0) is 25.0. The largest absolute Gasteiger partial charge is 0.496 e. The molecule has 2 unspecified atom stereocenters. The Morgan fingerprint density at radius 3 is 2.14 bits per heavy atom. The monoisotopic (exact) mass is 479 g/mol. The molecule has 2 N–H and O–H groups in total. The van der Waals surface area contributed by atoms with Crippen LogP contribution in [0.2, 0.25) is 0 Å². The van der Waals surface area contributed by atoms with Crippen LogP contribution in [-0.4, -0.2) is 52.2 Å². The minimum absolute atomic E-state index is 0.304. The highest BCUT2D eigenvalue weighted by Gasteiger charge is 2.50. The Balaban J connectivity index is 1.94. The first kappa shape index (κ1) is 24.2. The Bertz CT molecular complexity index is 1190. The van der Waals surface area contributed by atoms with E-state index in [0.717, 1.165) is 17.5 Å². The maximum atomic E-state index is 12.9. The summed E-state index contributed by atoms with van der Waals surface area (Å²) in [4.78, 5) is 12.9. The molecule has 3 aromatic rings. The summed E-state index contributed by atoms with van der Waals surface area (Å²) in [7, 11) is 6.15. The number of hydrogen-bond donors (Lipinski definition) is 2. The number of aliphatic carboxylic acids is 1. The summed E-state index contributed by atoms with van der Waals surface area (Å²) in [5.74, 6) is 1.17. The van der Waals surface area contributed by atoms with Crippen molar-refractivity contribution in [2.24, 2.45) is 0 Å². The lowest BCUT2D eigenvalue weighted by Gasteiger charge is -2.44. The van der Waals surface area contributed by atoms with Crippen LogP contribution in [0.15, 0.2) is 60.7 Å². The van der Waals surface area contributed by atoms with Gasteiger partial charge in [-0.3, -0.25) is 5.32 Å². The first-order chi connectivity index (χ1) is 17.0. The molecule has 0 aliphatic carbocycles. The molecule has 3 aromatic carbocycles. The molecule has 1 aliphatic rings. The van der Waals surface area contributed by atoms with Gasteiger partial charge in [0.1, 0.15) is 22.8 Å². The summed E-state index contributed by atoms with van der Waals surface area (Å²) < 4.78 is 27.9. The normalized spacial score (nSPS) is 17.6. The summed E-state index contributed by atoms with van der Waals surface area (Å²) in [6, 6.07) is 18.2. The molecular weight excluding hydrogens is 450 g/mol. The molecule has 4 rings (SSSR count). The van der Waals surface area contributed by atoms with E-state index in [1.165, 1.54) is 14.2 Å². The van der Waals surface area contributed by atoms with Crippen LogP contribution in [0.1, 0.15) is 16.7 Å². The first-order valence-electron chi connectivity index (χ1n) is 11.1. The summed E-state index contributed by atoms with van der Waals surface area (Å²) >= 11 is 0.